The van der Waals surface area contributed by atoms with Crippen molar-refractivity contribution in [1.29, 1.82) is 0 Å². The number of carboxylic acids is 4. The normalized spacial score (nSPS) is 11.4. The molecular weight excluding hydrogens is 1430 g/mol. The van der Waals surface area contributed by atoms with E-state index in [1.165, 1.54) is 0 Å². The van der Waals surface area contributed by atoms with Crippen molar-refractivity contribution < 1.29 is 39.6 Å². The monoisotopic (exact) mass is 1500 g/mol. The summed E-state index contributed by atoms with van der Waals surface area (Å²) in [6.45, 7) is 0. The summed E-state index contributed by atoms with van der Waals surface area (Å²) in [7, 11) is 0. The highest BCUT2D eigenvalue weighted by Crippen LogP contribution is 2.52. The number of carbonyl (C=O) groups is 4. The fraction of sp³-hybridized carbons (Fsp3) is 0. The lowest BCUT2D eigenvalue weighted by molar-refractivity contribution is 0.0686. The molecule has 0 saturated carbocycles. The molecule has 0 amide bonds. The zero-order valence-corrected chi connectivity index (χ0v) is 62.2. The predicted molar refractivity (Wildman–Crippen MR) is 471 cm³/mol. The van der Waals surface area contributed by atoms with Gasteiger partial charge in [-0.1, -0.05) is 224 Å². The first-order chi connectivity index (χ1) is 56.9. The highest BCUT2D eigenvalue weighted by Gasteiger charge is 2.28. The molecule has 0 aliphatic rings. The Hall–Kier alpha value is -15.9. The van der Waals surface area contributed by atoms with Crippen molar-refractivity contribution >= 4 is 145 Å². The van der Waals surface area contributed by atoms with E-state index in [1.807, 2.05) is 109 Å². The van der Waals surface area contributed by atoms with E-state index in [9.17, 15) is 39.6 Å². The number of carboxylic acid groups (broad SMARTS) is 4. The van der Waals surface area contributed by atoms with E-state index in [1.54, 1.807) is 72.8 Å². The van der Waals surface area contributed by atoms with E-state index in [0.717, 1.165) is 177 Å². The van der Waals surface area contributed by atoms with Crippen LogP contribution < -0.4 is 9.80 Å². The first kappa shape index (κ1) is 70.5. The lowest BCUT2D eigenvalue weighted by Gasteiger charge is -2.29. The number of benzene rings is 18. The Morgan fingerprint density at radius 1 is 0.207 bits per heavy atom. The van der Waals surface area contributed by atoms with Gasteiger partial charge in [-0.2, -0.15) is 0 Å². The molecule has 0 radical (unpaired) electrons. The fourth-order valence-electron chi connectivity index (χ4n) is 17.1. The maximum absolute atomic E-state index is 12.4. The number of para-hydroxylation sites is 6. The third-order valence-corrected chi connectivity index (χ3v) is 22.0. The molecular formula is C104H68N4O8. The summed E-state index contributed by atoms with van der Waals surface area (Å²) < 4.78 is 4.61. The molecule has 0 aliphatic heterocycles. The van der Waals surface area contributed by atoms with E-state index < -0.39 is 23.9 Å². The second-order valence-electron chi connectivity index (χ2n) is 28.7. The predicted octanol–water partition coefficient (Wildman–Crippen LogP) is 26.6. The summed E-state index contributed by atoms with van der Waals surface area (Å²) in [4.78, 5) is 53.7. The topological polar surface area (TPSA) is 166 Å². The van der Waals surface area contributed by atoms with Crippen molar-refractivity contribution in [3.8, 4) is 55.9 Å². The maximum atomic E-state index is 12.4. The van der Waals surface area contributed by atoms with Crippen LogP contribution in [0.2, 0.25) is 0 Å². The van der Waals surface area contributed by atoms with Crippen LogP contribution in [-0.4, -0.2) is 53.4 Å². The van der Waals surface area contributed by atoms with Crippen LogP contribution in [0.25, 0.3) is 143 Å². The van der Waals surface area contributed by atoms with Gasteiger partial charge in [-0.25, -0.2) is 19.2 Å². The zero-order valence-electron chi connectivity index (χ0n) is 62.2. The van der Waals surface area contributed by atoms with Gasteiger partial charge in [-0.3, -0.25) is 0 Å². The molecule has 12 nitrogen and oxygen atoms in total. The average Bonchev–Trinajstić information content (AvgIpc) is 0.988. The third kappa shape index (κ3) is 12.4. The Labute approximate surface area is 665 Å². The fourth-order valence-corrected chi connectivity index (χ4v) is 17.1. The first-order valence-corrected chi connectivity index (χ1v) is 38.1. The molecule has 0 saturated heterocycles. The number of aromatic nitrogens is 2. The van der Waals surface area contributed by atoms with Crippen LogP contribution in [0.4, 0.5) is 34.1 Å². The smallest absolute Gasteiger partial charge is 0.335 e. The van der Waals surface area contributed by atoms with Crippen LogP contribution in [0.15, 0.2) is 388 Å². The van der Waals surface area contributed by atoms with Gasteiger partial charge in [0.25, 0.3) is 0 Å². The lowest BCUT2D eigenvalue weighted by Crippen LogP contribution is -2.11. The summed E-state index contributed by atoms with van der Waals surface area (Å²) >= 11 is 0. The Balaban J connectivity index is 0.000000155. The Bertz CT molecular complexity index is 7280. The molecule has 0 spiro atoms. The molecule has 0 unspecified atom stereocenters. The van der Waals surface area contributed by atoms with Gasteiger partial charge >= 0.3 is 23.9 Å². The van der Waals surface area contributed by atoms with Crippen LogP contribution in [0.5, 0.6) is 0 Å². The van der Waals surface area contributed by atoms with Gasteiger partial charge in [0, 0.05) is 66.7 Å². The molecule has 18 aromatic carbocycles. The third-order valence-electron chi connectivity index (χ3n) is 22.0. The van der Waals surface area contributed by atoms with Crippen LogP contribution in [0, 0.1) is 0 Å². The van der Waals surface area contributed by atoms with Gasteiger partial charge < -0.3 is 39.4 Å². The van der Waals surface area contributed by atoms with Gasteiger partial charge in [-0.05, 0) is 246 Å². The SMILES string of the molecule is O=C(O)c1cccc(-c2c3ccccc3c(-c3cccc(C(=O)O)c3)c3c(N(c4ccccc4)c4ccc5c(c4)c4ccccc4n5-c4ccccc4)cccc23)c1.O=C(O)c1cccc(-c2c3ccccc3c(-c3cccc(C(=O)O)c3)c3cc(N(c4ccccc4)c4ccc5c(c4)c4ccccc4n5-c4ccccc4)ccc23)c1. The minimum Gasteiger partial charge on any atom is -0.478 e. The number of fused-ring (bicyclic) bond motifs is 10. The van der Waals surface area contributed by atoms with E-state index in [0.29, 0.717) is 0 Å². The molecule has 12 heteroatoms. The van der Waals surface area contributed by atoms with Gasteiger partial charge in [0.15, 0.2) is 0 Å². The quantitative estimate of drug-likeness (QED) is 0.0684. The van der Waals surface area contributed by atoms with E-state index >= 15 is 0 Å². The molecule has 552 valence electrons. The molecule has 0 aliphatic carbocycles. The van der Waals surface area contributed by atoms with Crippen LogP contribution in [-0.2, 0) is 0 Å². The van der Waals surface area contributed by atoms with Gasteiger partial charge in [0.05, 0.1) is 50.0 Å². The van der Waals surface area contributed by atoms with Crippen molar-refractivity contribution in [2.45, 2.75) is 0 Å². The largest absolute Gasteiger partial charge is 0.478 e. The lowest BCUT2D eigenvalue weighted by atomic mass is 9.84. The second-order valence-corrected chi connectivity index (χ2v) is 28.7. The van der Waals surface area contributed by atoms with Crippen molar-refractivity contribution in [3.05, 3.63) is 411 Å². The Kier molecular flexibility index (Phi) is 17.9. The number of aromatic carboxylic acids is 4. The standard InChI is InChI=1S/2C52H34N2O4/c55-51(56)35-16-11-14-33(30-35)48-41-23-7-8-24-42(41)49(34-15-12-17-36(31-34)52(57)58)50-43(48)25-13-27-47(50)53(37-18-3-1-4-19-37)39-28-29-46-44(32-39)40-22-9-10-26-45(40)54(46)38-20-5-2-6-21-38;55-51(56)35-15-11-13-33(29-35)49-42-22-7-8-23-43(42)50(34-14-12-16-36(30-34)52(57)58)46-32-39(25-27-44(46)49)53(37-17-3-1-4-18-37)40-26-28-48-45(31-40)41-21-9-10-24-47(41)54(48)38-19-5-2-6-20-38/h2*1-32H,(H,55,56)(H,57,58). The van der Waals surface area contributed by atoms with E-state index in [4.69, 9.17) is 0 Å². The molecule has 0 fully saturated rings. The average molecular weight is 1500 g/mol. The molecule has 4 N–H and O–H groups in total. The number of hydrogen-bond donors (Lipinski definition) is 4. The molecule has 20 aromatic rings. The minimum absolute atomic E-state index is 0.186. The summed E-state index contributed by atoms with van der Waals surface area (Å²) in [5, 5.41) is 52.1. The van der Waals surface area contributed by atoms with Gasteiger partial charge in [-0.15, -0.1) is 0 Å². The first-order valence-electron chi connectivity index (χ1n) is 38.1. The van der Waals surface area contributed by atoms with Gasteiger partial charge in [0.2, 0.25) is 0 Å². The summed E-state index contributed by atoms with van der Waals surface area (Å²) in [6.07, 6.45) is 0. The number of rotatable bonds is 16. The second kappa shape index (κ2) is 29.4. The minimum atomic E-state index is -1.01. The maximum Gasteiger partial charge on any atom is 0.335 e. The number of hydrogen-bond acceptors (Lipinski definition) is 6. The molecule has 2 heterocycles. The van der Waals surface area contributed by atoms with Crippen LogP contribution in [0.1, 0.15) is 41.4 Å². The molecule has 2 aromatic heterocycles. The summed E-state index contributed by atoms with van der Waals surface area (Å²) in [5.41, 5.74) is 19.6. The molecule has 0 atom stereocenters. The molecule has 116 heavy (non-hydrogen) atoms. The number of nitrogens with zero attached hydrogens (tertiary/aromatic N) is 4. The van der Waals surface area contributed by atoms with E-state index in [-0.39, 0.29) is 22.3 Å². The zero-order chi connectivity index (χ0) is 78.7. The Morgan fingerprint density at radius 3 is 0.922 bits per heavy atom. The summed E-state index contributed by atoms with van der Waals surface area (Å²) in [6, 6.07) is 129. The van der Waals surface area contributed by atoms with Crippen LogP contribution in [0.3, 0.4) is 0 Å². The van der Waals surface area contributed by atoms with Crippen molar-refractivity contribution in [1.82, 2.24) is 9.13 Å². The van der Waals surface area contributed by atoms with E-state index in [2.05, 4.69) is 225 Å². The van der Waals surface area contributed by atoms with Crippen LogP contribution >= 0.6 is 0 Å². The highest BCUT2D eigenvalue weighted by molar-refractivity contribution is 6.27. The molecule has 0 bridgehead atoms. The van der Waals surface area contributed by atoms with Crippen molar-refractivity contribution in [2.75, 3.05) is 9.80 Å². The van der Waals surface area contributed by atoms with Crippen molar-refractivity contribution in [2.24, 2.45) is 0 Å². The van der Waals surface area contributed by atoms with Crippen molar-refractivity contribution in [3.63, 3.8) is 0 Å². The Morgan fingerprint density at radius 2 is 0.500 bits per heavy atom. The highest BCUT2D eigenvalue weighted by atomic mass is 16.4. The number of anilines is 6. The van der Waals surface area contributed by atoms with Gasteiger partial charge in [0.1, 0.15) is 0 Å². The summed E-state index contributed by atoms with van der Waals surface area (Å²) in [5.74, 6) is -4.01. The molecule has 20 rings (SSSR count).